The Hall–Kier alpha value is -2.38. The Balaban J connectivity index is 2.05. The highest BCUT2D eigenvalue weighted by atomic mass is 32.2. The number of nitrogens with one attached hydrogen (secondary N) is 1. The van der Waals surface area contributed by atoms with Gasteiger partial charge in [0, 0.05) is 0 Å². The van der Waals surface area contributed by atoms with E-state index in [-0.39, 0.29) is 12.1 Å². The molecule has 0 spiro atoms. The highest BCUT2D eigenvalue weighted by molar-refractivity contribution is 7.93. The molecule has 0 saturated heterocycles. The van der Waals surface area contributed by atoms with E-state index in [2.05, 4.69) is 9.46 Å². The number of hydrogen-bond donors (Lipinski definition) is 2. The molecular weight excluding hydrogens is 440 g/mol. The van der Waals surface area contributed by atoms with Crippen LogP contribution in [-0.4, -0.2) is 35.1 Å². The summed E-state index contributed by atoms with van der Waals surface area (Å²) in [7, 11) is -8.14. The maximum absolute atomic E-state index is 12.8. The molecule has 0 fully saturated rings. The lowest BCUT2D eigenvalue weighted by molar-refractivity contribution is -0.253. The first-order valence-electron chi connectivity index (χ1n) is 7.86. The first kappa shape index (κ1) is 22.9. The van der Waals surface area contributed by atoms with Gasteiger partial charge >= 0.3 is 12.5 Å². The number of aryl methyl sites for hydroxylation is 1. The average Bonchev–Trinajstić information content (AvgIpc) is 2.60. The molecule has 3 N–H and O–H groups in total. The number of hydrogen-bond acceptors (Lipinski definition) is 5. The second-order valence-electron chi connectivity index (χ2n) is 5.82. The molecule has 0 aliphatic rings. The van der Waals surface area contributed by atoms with E-state index >= 15 is 0 Å². The highest BCUT2D eigenvalue weighted by Gasteiger charge is 2.43. The lowest BCUT2D eigenvalue weighted by Crippen LogP contribution is -2.33. The van der Waals surface area contributed by atoms with Gasteiger partial charge in [-0.05, 0) is 36.2 Å². The van der Waals surface area contributed by atoms with Crippen molar-refractivity contribution in [3.05, 3.63) is 54.1 Å². The van der Waals surface area contributed by atoms with Crippen molar-refractivity contribution in [2.75, 3.05) is 10.5 Å². The van der Waals surface area contributed by atoms with Gasteiger partial charge in [-0.2, -0.15) is 17.6 Å². The molecular formula is C16H16F4N2O5S2. The minimum absolute atomic E-state index is 0.0710. The molecule has 2 rings (SSSR count). The number of benzene rings is 2. The van der Waals surface area contributed by atoms with Gasteiger partial charge in [0.15, 0.2) is 0 Å². The predicted octanol–water partition coefficient (Wildman–Crippen LogP) is 2.56. The number of halogens is 4. The Morgan fingerprint density at radius 3 is 2.14 bits per heavy atom. The normalized spacial score (nSPS) is 12.8. The quantitative estimate of drug-likeness (QED) is 0.563. The molecule has 0 amide bonds. The molecule has 0 radical (unpaired) electrons. The number of nitrogens with two attached hydrogens (primary N) is 1. The van der Waals surface area contributed by atoms with E-state index < -0.39 is 49.0 Å². The van der Waals surface area contributed by atoms with Gasteiger partial charge in [0.1, 0.15) is 10.6 Å². The predicted molar refractivity (Wildman–Crippen MR) is 96.9 cm³/mol. The zero-order valence-corrected chi connectivity index (χ0v) is 16.2. The molecule has 0 aliphatic carbocycles. The lowest BCUT2D eigenvalue weighted by Gasteiger charge is -2.16. The molecule has 2 aromatic rings. The van der Waals surface area contributed by atoms with Crippen LogP contribution in [0.2, 0.25) is 0 Å². The van der Waals surface area contributed by atoms with Crippen molar-refractivity contribution in [3.8, 4) is 5.75 Å². The Morgan fingerprint density at radius 2 is 1.59 bits per heavy atom. The molecule has 0 saturated carbocycles. The summed E-state index contributed by atoms with van der Waals surface area (Å²) in [5, 5.41) is 5.04. The summed E-state index contributed by atoms with van der Waals surface area (Å²) in [6.07, 6.45) is -8.72. The summed E-state index contributed by atoms with van der Waals surface area (Å²) in [6.45, 7) is 0. The van der Waals surface area contributed by atoms with Crippen molar-refractivity contribution in [3.63, 3.8) is 0 Å². The third kappa shape index (κ3) is 6.58. The van der Waals surface area contributed by atoms with Crippen LogP contribution in [0.1, 0.15) is 5.56 Å². The van der Waals surface area contributed by atoms with Crippen LogP contribution >= 0.6 is 0 Å². The molecule has 0 unspecified atom stereocenters. The van der Waals surface area contributed by atoms with Crippen LogP contribution in [-0.2, 0) is 26.5 Å². The van der Waals surface area contributed by atoms with E-state index in [0.29, 0.717) is 5.56 Å². The maximum atomic E-state index is 12.8. The minimum atomic E-state index is -4.65. The summed E-state index contributed by atoms with van der Waals surface area (Å²) < 4.78 is 103. The van der Waals surface area contributed by atoms with E-state index in [0.717, 1.165) is 18.2 Å². The molecule has 13 heteroatoms. The molecule has 2 aromatic carbocycles. The lowest BCUT2D eigenvalue weighted by atomic mass is 10.2. The van der Waals surface area contributed by atoms with Crippen molar-refractivity contribution in [2.24, 2.45) is 5.14 Å². The van der Waals surface area contributed by atoms with Gasteiger partial charge in [-0.3, -0.25) is 4.72 Å². The van der Waals surface area contributed by atoms with Crippen molar-refractivity contribution < 1.29 is 39.1 Å². The van der Waals surface area contributed by atoms with Gasteiger partial charge in [0.25, 0.3) is 0 Å². The summed E-state index contributed by atoms with van der Waals surface area (Å²) in [4.78, 5) is -0.398. The molecule has 0 heterocycles. The third-order valence-corrected chi connectivity index (χ3v) is 5.79. The largest absolute Gasteiger partial charge is 0.461 e. The number of anilines is 1. The van der Waals surface area contributed by atoms with Gasteiger partial charge in [-0.25, -0.2) is 22.0 Å². The number of para-hydroxylation sites is 1. The highest BCUT2D eigenvalue weighted by Crippen LogP contribution is 2.27. The molecule has 29 heavy (non-hydrogen) atoms. The van der Waals surface area contributed by atoms with Crippen LogP contribution in [0.5, 0.6) is 5.75 Å². The van der Waals surface area contributed by atoms with Crippen LogP contribution in [0.15, 0.2) is 53.4 Å². The maximum Gasteiger partial charge on any atom is 0.461 e. The fourth-order valence-corrected chi connectivity index (χ4v) is 4.07. The molecule has 160 valence electrons. The van der Waals surface area contributed by atoms with Gasteiger partial charge < -0.3 is 4.74 Å². The number of primary sulfonamides is 1. The van der Waals surface area contributed by atoms with E-state index in [9.17, 15) is 34.4 Å². The van der Waals surface area contributed by atoms with E-state index in [4.69, 9.17) is 5.14 Å². The Kier molecular flexibility index (Phi) is 6.75. The van der Waals surface area contributed by atoms with Crippen molar-refractivity contribution in [1.29, 1.82) is 0 Å². The second-order valence-corrected chi connectivity index (χ2v) is 9.19. The van der Waals surface area contributed by atoms with Crippen LogP contribution in [0.3, 0.4) is 0 Å². The number of rotatable bonds is 9. The smallest absolute Gasteiger partial charge is 0.428 e. The molecule has 0 aliphatic heterocycles. The van der Waals surface area contributed by atoms with Crippen LogP contribution in [0.4, 0.5) is 23.2 Å². The third-order valence-electron chi connectivity index (χ3n) is 3.55. The van der Waals surface area contributed by atoms with Gasteiger partial charge in [0.05, 0.1) is 11.4 Å². The SMILES string of the molecule is NS(=O)(=O)c1ccccc1NS(=O)(=O)CCc1ccc(OC(F)(F)C(F)F)cc1. The van der Waals surface area contributed by atoms with Gasteiger partial charge in [0.2, 0.25) is 20.0 Å². The van der Waals surface area contributed by atoms with E-state index in [1.807, 2.05) is 0 Å². The van der Waals surface area contributed by atoms with Gasteiger partial charge in [-0.1, -0.05) is 24.3 Å². The van der Waals surface area contributed by atoms with E-state index in [1.165, 1.54) is 30.3 Å². The van der Waals surface area contributed by atoms with Crippen molar-refractivity contribution in [1.82, 2.24) is 0 Å². The van der Waals surface area contributed by atoms with E-state index in [1.54, 1.807) is 0 Å². The number of alkyl halides is 4. The molecule has 0 bridgehead atoms. The molecule has 7 nitrogen and oxygen atoms in total. The zero-order valence-electron chi connectivity index (χ0n) is 14.6. The second kappa shape index (κ2) is 8.55. The number of sulfonamides is 2. The fraction of sp³-hybridized carbons (Fsp3) is 0.250. The van der Waals surface area contributed by atoms with Crippen LogP contribution < -0.4 is 14.6 Å². The summed E-state index contributed by atoms with van der Waals surface area (Å²) in [5.74, 6) is -0.985. The van der Waals surface area contributed by atoms with Crippen LogP contribution in [0, 0.1) is 0 Å². The topological polar surface area (TPSA) is 116 Å². The molecule has 0 aromatic heterocycles. The van der Waals surface area contributed by atoms with Crippen molar-refractivity contribution >= 4 is 25.7 Å². The summed E-state index contributed by atoms with van der Waals surface area (Å²) >= 11 is 0. The first-order chi connectivity index (χ1) is 13.3. The fourth-order valence-electron chi connectivity index (χ4n) is 2.20. The Morgan fingerprint density at radius 1 is 1.00 bits per heavy atom. The first-order valence-corrected chi connectivity index (χ1v) is 11.1. The van der Waals surface area contributed by atoms with Crippen LogP contribution in [0.25, 0.3) is 0 Å². The summed E-state index contributed by atoms with van der Waals surface area (Å²) in [6, 6.07) is 9.65. The summed E-state index contributed by atoms with van der Waals surface area (Å²) in [5.41, 5.74) is 0.177. The Bertz CT molecular complexity index is 1060. The molecule has 0 atom stereocenters. The minimum Gasteiger partial charge on any atom is -0.428 e. The Labute approximate surface area is 164 Å². The number of ether oxygens (including phenoxy) is 1. The zero-order chi connectivity index (χ0) is 21.9. The standard InChI is InChI=1S/C16H16F4N2O5S2/c17-15(18)16(19,20)27-12-7-5-11(6-8-12)9-10-28(23,24)22-13-3-1-2-4-14(13)29(21,25)26/h1-8,15,22H,9-10H2,(H2,21,25,26). The van der Waals surface area contributed by atoms with Crippen molar-refractivity contribution in [2.45, 2.75) is 23.9 Å². The monoisotopic (exact) mass is 456 g/mol. The average molecular weight is 456 g/mol. The van der Waals surface area contributed by atoms with Gasteiger partial charge in [-0.15, -0.1) is 0 Å².